The van der Waals surface area contributed by atoms with Gasteiger partial charge in [-0.2, -0.15) is 0 Å². The van der Waals surface area contributed by atoms with Gasteiger partial charge >= 0.3 is 0 Å². The summed E-state index contributed by atoms with van der Waals surface area (Å²) >= 11 is 0. The third-order valence-corrected chi connectivity index (χ3v) is 2.92. The lowest BCUT2D eigenvalue weighted by Gasteiger charge is -2.08. The molecule has 0 saturated carbocycles. The van der Waals surface area contributed by atoms with Gasteiger partial charge in [-0.25, -0.2) is 0 Å². The van der Waals surface area contributed by atoms with Crippen molar-refractivity contribution in [2.75, 3.05) is 0 Å². The average molecular weight is 240 g/mol. The van der Waals surface area contributed by atoms with Crippen molar-refractivity contribution >= 4 is 11.6 Å². The molecule has 2 heteroatoms. The third kappa shape index (κ3) is 2.54. The number of allylic oxidation sites excluding steroid dienone is 1. The molecule has 2 rings (SSSR count). The zero-order valence-electron chi connectivity index (χ0n) is 10.5. The van der Waals surface area contributed by atoms with Crippen LogP contribution in [0.3, 0.4) is 0 Å². The Morgan fingerprint density at radius 2 is 1.67 bits per heavy atom. The molecule has 0 spiro atoms. The topological polar surface area (TPSA) is 40.5 Å². The van der Waals surface area contributed by atoms with Gasteiger partial charge in [-0.3, -0.25) is 0 Å². The number of hydrogen-bond acceptors (Lipinski definition) is 2. The van der Waals surface area contributed by atoms with Crippen LogP contribution in [0.15, 0.2) is 42.5 Å². The van der Waals surface area contributed by atoms with Gasteiger partial charge < -0.3 is 10.2 Å². The highest BCUT2D eigenvalue weighted by atomic mass is 16.3. The summed E-state index contributed by atoms with van der Waals surface area (Å²) in [5.41, 5.74) is 3.30. The molecule has 0 aliphatic rings. The van der Waals surface area contributed by atoms with Crippen molar-refractivity contribution in [3.63, 3.8) is 0 Å². The summed E-state index contributed by atoms with van der Waals surface area (Å²) < 4.78 is 0. The Labute approximate surface area is 107 Å². The predicted molar refractivity (Wildman–Crippen MR) is 74.5 cm³/mol. The number of benzene rings is 2. The van der Waals surface area contributed by atoms with Crippen molar-refractivity contribution in [2.24, 2.45) is 0 Å². The minimum atomic E-state index is 0.190. The molecule has 0 aliphatic heterocycles. The molecule has 2 nitrogen and oxygen atoms in total. The largest absolute Gasteiger partial charge is 0.508 e. The van der Waals surface area contributed by atoms with Crippen molar-refractivity contribution in [1.29, 1.82) is 0 Å². The molecular formula is C16H16O2. The monoisotopic (exact) mass is 240 g/mol. The SMILES string of the molecule is C/C(=C\c1ccccc1)c1cc(O)c(C)cc1O. The minimum Gasteiger partial charge on any atom is -0.508 e. The van der Waals surface area contributed by atoms with E-state index in [0.29, 0.717) is 11.1 Å². The van der Waals surface area contributed by atoms with E-state index in [1.165, 1.54) is 0 Å². The van der Waals surface area contributed by atoms with Crippen molar-refractivity contribution < 1.29 is 10.2 Å². The van der Waals surface area contributed by atoms with E-state index < -0.39 is 0 Å². The van der Waals surface area contributed by atoms with Gasteiger partial charge in [-0.1, -0.05) is 36.4 Å². The Hall–Kier alpha value is -2.22. The van der Waals surface area contributed by atoms with Crippen LogP contribution in [0.5, 0.6) is 11.5 Å². The van der Waals surface area contributed by atoms with Gasteiger partial charge in [-0.15, -0.1) is 0 Å². The van der Waals surface area contributed by atoms with Crippen LogP contribution in [0.2, 0.25) is 0 Å². The smallest absolute Gasteiger partial charge is 0.123 e. The lowest BCUT2D eigenvalue weighted by molar-refractivity contribution is 0.455. The van der Waals surface area contributed by atoms with Gasteiger partial charge in [-0.05, 0) is 42.7 Å². The van der Waals surface area contributed by atoms with Crippen LogP contribution in [0.25, 0.3) is 11.6 Å². The zero-order chi connectivity index (χ0) is 13.1. The highest BCUT2D eigenvalue weighted by Crippen LogP contribution is 2.32. The molecule has 0 fully saturated rings. The second-order valence-corrected chi connectivity index (χ2v) is 4.39. The van der Waals surface area contributed by atoms with Crippen LogP contribution >= 0.6 is 0 Å². The highest BCUT2D eigenvalue weighted by molar-refractivity contribution is 5.83. The van der Waals surface area contributed by atoms with E-state index in [0.717, 1.165) is 11.1 Å². The van der Waals surface area contributed by atoms with Gasteiger partial charge in [0.15, 0.2) is 0 Å². The van der Waals surface area contributed by atoms with Crippen molar-refractivity contribution in [2.45, 2.75) is 13.8 Å². The second kappa shape index (κ2) is 4.96. The molecular weight excluding hydrogens is 224 g/mol. The Bertz CT molecular complexity index is 584. The van der Waals surface area contributed by atoms with Gasteiger partial charge in [0.2, 0.25) is 0 Å². The summed E-state index contributed by atoms with van der Waals surface area (Å²) in [4.78, 5) is 0. The van der Waals surface area contributed by atoms with Crippen LogP contribution < -0.4 is 0 Å². The number of phenolic OH excluding ortho intramolecular Hbond substituents is 2. The van der Waals surface area contributed by atoms with Gasteiger partial charge in [0.25, 0.3) is 0 Å². The average Bonchev–Trinajstić information content (AvgIpc) is 2.35. The summed E-state index contributed by atoms with van der Waals surface area (Å²) in [5, 5.41) is 19.6. The molecule has 0 aliphatic carbocycles. The Kier molecular flexibility index (Phi) is 3.38. The normalized spacial score (nSPS) is 11.6. The van der Waals surface area contributed by atoms with E-state index in [2.05, 4.69) is 0 Å². The van der Waals surface area contributed by atoms with Crippen LogP contribution in [0.1, 0.15) is 23.6 Å². The van der Waals surface area contributed by atoms with Gasteiger partial charge in [0.05, 0.1) is 0 Å². The zero-order valence-corrected chi connectivity index (χ0v) is 10.5. The first kappa shape index (κ1) is 12.2. The predicted octanol–water partition coefficient (Wildman–Crippen LogP) is 3.97. The fourth-order valence-corrected chi connectivity index (χ4v) is 1.87. The summed E-state index contributed by atoms with van der Waals surface area (Å²) in [6.07, 6.45) is 1.98. The fraction of sp³-hybridized carbons (Fsp3) is 0.125. The molecule has 0 unspecified atom stereocenters. The minimum absolute atomic E-state index is 0.190. The third-order valence-electron chi connectivity index (χ3n) is 2.92. The maximum absolute atomic E-state index is 9.91. The van der Waals surface area contributed by atoms with E-state index in [4.69, 9.17) is 0 Å². The number of aryl methyl sites for hydroxylation is 1. The first-order valence-corrected chi connectivity index (χ1v) is 5.84. The number of phenols is 2. The summed E-state index contributed by atoms with van der Waals surface area (Å²) in [6, 6.07) is 13.1. The molecule has 0 saturated heterocycles. The molecule has 2 aromatic carbocycles. The maximum atomic E-state index is 9.91. The molecule has 0 radical (unpaired) electrons. The van der Waals surface area contributed by atoms with Crippen molar-refractivity contribution in [3.05, 3.63) is 59.2 Å². The summed E-state index contributed by atoms with van der Waals surface area (Å²) in [5.74, 6) is 0.388. The molecule has 18 heavy (non-hydrogen) atoms. The quantitative estimate of drug-likeness (QED) is 0.616. The number of aromatic hydroxyl groups is 2. The molecule has 0 atom stereocenters. The van der Waals surface area contributed by atoms with Gasteiger partial charge in [0.1, 0.15) is 11.5 Å². The van der Waals surface area contributed by atoms with E-state index >= 15 is 0 Å². The second-order valence-electron chi connectivity index (χ2n) is 4.39. The number of hydrogen-bond donors (Lipinski definition) is 2. The van der Waals surface area contributed by atoms with Crippen molar-refractivity contribution in [3.8, 4) is 11.5 Å². The Balaban J connectivity index is 2.43. The van der Waals surface area contributed by atoms with Crippen LogP contribution in [0, 0.1) is 6.92 Å². The molecule has 2 N–H and O–H groups in total. The van der Waals surface area contributed by atoms with Gasteiger partial charge in [0, 0.05) is 5.56 Å². The molecule has 0 heterocycles. The lowest BCUT2D eigenvalue weighted by atomic mass is 10.0. The molecule has 2 aromatic rings. The van der Waals surface area contributed by atoms with Crippen LogP contribution in [-0.4, -0.2) is 10.2 Å². The first-order chi connectivity index (χ1) is 8.58. The van der Waals surface area contributed by atoms with E-state index in [-0.39, 0.29) is 11.5 Å². The van der Waals surface area contributed by atoms with E-state index in [1.807, 2.05) is 43.3 Å². The van der Waals surface area contributed by atoms with Crippen LogP contribution in [0.4, 0.5) is 0 Å². The lowest BCUT2D eigenvalue weighted by Crippen LogP contribution is -1.84. The van der Waals surface area contributed by atoms with Crippen molar-refractivity contribution in [1.82, 2.24) is 0 Å². The fourth-order valence-electron chi connectivity index (χ4n) is 1.87. The maximum Gasteiger partial charge on any atom is 0.123 e. The van der Waals surface area contributed by atoms with E-state index in [1.54, 1.807) is 19.1 Å². The standard InChI is InChI=1S/C16H16O2/c1-11(8-13-6-4-3-5-7-13)14-10-15(17)12(2)9-16(14)18/h3-10,17-18H,1-2H3/b11-8+. The first-order valence-electron chi connectivity index (χ1n) is 5.84. The highest BCUT2D eigenvalue weighted by Gasteiger charge is 2.07. The Morgan fingerprint density at radius 3 is 2.33 bits per heavy atom. The number of rotatable bonds is 2. The molecule has 0 bridgehead atoms. The summed E-state index contributed by atoms with van der Waals surface area (Å²) in [7, 11) is 0. The molecule has 92 valence electrons. The Morgan fingerprint density at radius 1 is 1.00 bits per heavy atom. The molecule has 0 amide bonds. The van der Waals surface area contributed by atoms with E-state index in [9.17, 15) is 10.2 Å². The summed E-state index contributed by atoms with van der Waals surface area (Å²) in [6.45, 7) is 3.67. The molecule has 0 aromatic heterocycles. The van der Waals surface area contributed by atoms with Crippen LogP contribution in [-0.2, 0) is 0 Å².